The molecule has 2 aromatic rings. The Labute approximate surface area is 142 Å². The number of para-hydroxylation sites is 1. The van der Waals surface area contributed by atoms with Crippen LogP contribution < -0.4 is 0 Å². The van der Waals surface area contributed by atoms with E-state index in [1.54, 1.807) is 12.3 Å². The predicted octanol–water partition coefficient (Wildman–Crippen LogP) is 2.91. The lowest BCUT2D eigenvalue weighted by atomic mass is 10.1. The molecule has 5 nitrogen and oxygen atoms in total. The summed E-state index contributed by atoms with van der Waals surface area (Å²) < 4.78 is 0.390. The number of aliphatic carboxylic acids is 1. The molecule has 0 unspecified atom stereocenters. The van der Waals surface area contributed by atoms with Crippen molar-refractivity contribution in [2.24, 2.45) is 0 Å². The molecule has 0 bridgehead atoms. The lowest BCUT2D eigenvalue weighted by Crippen LogP contribution is -2.30. The summed E-state index contributed by atoms with van der Waals surface area (Å²) in [7, 11) is 0. The zero-order valence-corrected chi connectivity index (χ0v) is 13.6. The Morgan fingerprint density at radius 2 is 2.13 bits per heavy atom. The third-order valence-corrected chi connectivity index (χ3v) is 4.77. The van der Waals surface area contributed by atoms with E-state index in [0.717, 1.165) is 16.5 Å². The molecule has 0 atom stereocenters. The van der Waals surface area contributed by atoms with E-state index < -0.39 is 5.97 Å². The molecule has 0 radical (unpaired) electrons. The summed E-state index contributed by atoms with van der Waals surface area (Å²) in [4.78, 5) is 29.2. The summed E-state index contributed by atoms with van der Waals surface area (Å²) >= 11 is 6.37. The smallest absolute Gasteiger partial charge is 0.305 e. The maximum Gasteiger partial charge on any atom is 0.305 e. The fraction of sp³-hybridized carbons (Fsp3) is 0.125. The Balaban J connectivity index is 1.92. The predicted molar refractivity (Wildman–Crippen MR) is 93.9 cm³/mol. The molecule has 7 heteroatoms. The molecule has 116 valence electrons. The first kappa shape index (κ1) is 15.6. The fourth-order valence-electron chi connectivity index (χ4n) is 2.29. The molecule has 1 amide bonds. The van der Waals surface area contributed by atoms with Crippen molar-refractivity contribution in [3.8, 4) is 0 Å². The molecule has 1 aromatic carbocycles. The zero-order chi connectivity index (χ0) is 16.4. The van der Waals surface area contributed by atoms with Crippen molar-refractivity contribution in [1.82, 2.24) is 9.88 Å². The average molecular weight is 344 g/mol. The van der Waals surface area contributed by atoms with E-state index in [4.69, 9.17) is 17.3 Å². The molecular formula is C16H12N2O3S2. The van der Waals surface area contributed by atoms with E-state index in [1.807, 2.05) is 30.3 Å². The van der Waals surface area contributed by atoms with Gasteiger partial charge in [-0.3, -0.25) is 19.5 Å². The van der Waals surface area contributed by atoms with Gasteiger partial charge in [-0.25, -0.2) is 0 Å². The van der Waals surface area contributed by atoms with E-state index in [1.165, 1.54) is 16.7 Å². The van der Waals surface area contributed by atoms with Gasteiger partial charge >= 0.3 is 5.97 Å². The summed E-state index contributed by atoms with van der Waals surface area (Å²) in [5.41, 5.74) is 1.73. The quantitative estimate of drug-likeness (QED) is 0.679. The molecule has 1 aliphatic rings. The number of fused-ring (bicyclic) bond motifs is 1. The largest absolute Gasteiger partial charge is 0.481 e. The molecule has 1 saturated heterocycles. The van der Waals surface area contributed by atoms with Crippen molar-refractivity contribution >= 4 is 57.2 Å². The minimum atomic E-state index is -0.955. The SMILES string of the molecule is O=C(O)CCN1C(=O)C(=Cc2ccnc3ccccc23)SC1=S. The summed E-state index contributed by atoms with van der Waals surface area (Å²) in [6.07, 6.45) is 3.35. The second-order valence-corrected chi connectivity index (χ2v) is 6.57. The van der Waals surface area contributed by atoms with Gasteiger partial charge in [-0.05, 0) is 23.8 Å². The number of carbonyl (C=O) groups is 2. The van der Waals surface area contributed by atoms with Crippen molar-refractivity contribution < 1.29 is 14.7 Å². The highest BCUT2D eigenvalue weighted by Crippen LogP contribution is 2.33. The molecular weight excluding hydrogens is 332 g/mol. The molecule has 23 heavy (non-hydrogen) atoms. The molecule has 1 aliphatic heterocycles. The van der Waals surface area contributed by atoms with Gasteiger partial charge in [0, 0.05) is 18.1 Å². The highest BCUT2D eigenvalue weighted by molar-refractivity contribution is 8.26. The molecule has 3 rings (SSSR count). The zero-order valence-electron chi connectivity index (χ0n) is 11.9. The van der Waals surface area contributed by atoms with Gasteiger partial charge in [-0.2, -0.15) is 0 Å². The summed E-state index contributed by atoms with van der Waals surface area (Å²) in [5, 5.41) is 9.71. The van der Waals surface area contributed by atoms with Gasteiger partial charge in [0.15, 0.2) is 0 Å². The number of aromatic nitrogens is 1. The Morgan fingerprint density at radius 3 is 2.91 bits per heavy atom. The number of rotatable bonds is 4. The van der Waals surface area contributed by atoms with Crippen LogP contribution >= 0.6 is 24.0 Å². The van der Waals surface area contributed by atoms with Crippen LogP contribution in [0, 0.1) is 0 Å². The maximum absolute atomic E-state index is 12.4. The number of carbonyl (C=O) groups excluding carboxylic acids is 1. The summed E-state index contributed by atoms with van der Waals surface area (Å²) in [6.45, 7) is 0.0917. The van der Waals surface area contributed by atoms with Gasteiger partial charge in [0.2, 0.25) is 0 Å². The van der Waals surface area contributed by atoms with Crippen molar-refractivity contribution in [3.63, 3.8) is 0 Å². The van der Waals surface area contributed by atoms with Crippen LogP contribution in [0.15, 0.2) is 41.4 Å². The number of amides is 1. The second kappa shape index (κ2) is 6.47. The average Bonchev–Trinajstić information content (AvgIpc) is 2.79. The lowest BCUT2D eigenvalue weighted by Gasteiger charge is -2.12. The number of nitrogens with zero attached hydrogens (tertiary/aromatic N) is 2. The molecule has 0 saturated carbocycles. The second-order valence-electron chi connectivity index (χ2n) is 4.89. The highest BCUT2D eigenvalue weighted by Gasteiger charge is 2.32. The highest BCUT2D eigenvalue weighted by atomic mass is 32.2. The molecule has 0 aliphatic carbocycles. The normalized spacial score (nSPS) is 16.5. The van der Waals surface area contributed by atoms with Crippen LogP contribution in [0.2, 0.25) is 0 Å². The molecule has 0 spiro atoms. The van der Waals surface area contributed by atoms with Gasteiger partial charge in [0.1, 0.15) is 4.32 Å². The molecule has 2 heterocycles. The van der Waals surface area contributed by atoms with Crippen molar-refractivity contribution in [1.29, 1.82) is 0 Å². The Morgan fingerprint density at radius 1 is 1.35 bits per heavy atom. The Kier molecular flexibility index (Phi) is 4.40. The summed E-state index contributed by atoms with van der Waals surface area (Å²) in [6, 6.07) is 9.51. The monoisotopic (exact) mass is 344 g/mol. The standard InChI is InChI=1S/C16H12N2O3S2/c19-14(20)6-8-18-15(21)13(23-16(18)22)9-10-5-7-17-12-4-2-1-3-11(10)12/h1-5,7,9H,6,8H2,(H,19,20). The van der Waals surface area contributed by atoms with Gasteiger partial charge < -0.3 is 5.11 Å². The number of thioether (sulfide) groups is 1. The first-order valence-electron chi connectivity index (χ1n) is 6.87. The van der Waals surface area contributed by atoms with Gasteiger partial charge in [0.05, 0.1) is 16.8 Å². The fourth-order valence-corrected chi connectivity index (χ4v) is 3.58. The van der Waals surface area contributed by atoms with Gasteiger partial charge in [-0.1, -0.05) is 42.2 Å². The van der Waals surface area contributed by atoms with E-state index in [2.05, 4.69) is 4.98 Å². The lowest BCUT2D eigenvalue weighted by molar-refractivity contribution is -0.137. The first-order valence-corrected chi connectivity index (χ1v) is 8.09. The third kappa shape index (κ3) is 3.25. The van der Waals surface area contributed by atoms with Crippen LogP contribution in [-0.2, 0) is 9.59 Å². The molecule has 1 aromatic heterocycles. The van der Waals surface area contributed by atoms with E-state index >= 15 is 0 Å². The minimum Gasteiger partial charge on any atom is -0.481 e. The van der Waals surface area contributed by atoms with Gasteiger partial charge in [-0.15, -0.1) is 0 Å². The maximum atomic E-state index is 12.4. The number of hydrogen-bond acceptors (Lipinski definition) is 5. The van der Waals surface area contributed by atoms with Crippen LogP contribution in [0.25, 0.3) is 17.0 Å². The summed E-state index contributed by atoms with van der Waals surface area (Å²) in [5.74, 6) is -1.20. The van der Waals surface area contributed by atoms with Crippen LogP contribution in [0.1, 0.15) is 12.0 Å². The van der Waals surface area contributed by atoms with Crippen LogP contribution in [-0.4, -0.2) is 37.7 Å². The molecule has 1 N–H and O–H groups in total. The van der Waals surface area contributed by atoms with Crippen LogP contribution in [0.5, 0.6) is 0 Å². The Hall–Kier alpha value is -2.25. The minimum absolute atomic E-state index is 0.0917. The Bertz CT molecular complexity index is 843. The van der Waals surface area contributed by atoms with Crippen molar-refractivity contribution in [2.45, 2.75) is 6.42 Å². The number of carboxylic acid groups (broad SMARTS) is 1. The third-order valence-electron chi connectivity index (χ3n) is 3.39. The number of hydrogen-bond donors (Lipinski definition) is 1. The van der Waals surface area contributed by atoms with E-state index in [0.29, 0.717) is 9.23 Å². The van der Waals surface area contributed by atoms with Crippen molar-refractivity contribution in [3.05, 3.63) is 47.0 Å². The number of pyridine rings is 1. The van der Waals surface area contributed by atoms with Crippen molar-refractivity contribution in [2.75, 3.05) is 6.54 Å². The topological polar surface area (TPSA) is 70.5 Å². The number of benzene rings is 1. The molecule has 1 fully saturated rings. The van der Waals surface area contributed by atoms with Crippen LogP contribution in [0.3, 0.4) is 0 Å². The number of thiocarbonyl (C=S) groups is 1. The van der Waals surface area contributed by atoms with Crippen LogP contribution in [0.4, 0.5) is 0 Å². The van der Waals surface area contributed by atoms with Gasteiger partial charge in [0.25, 0.3) is 5.91 Å². The first-order chi connectivity index (χ1) is 11.1. The van der Waals surface area contributed by atoms with E-state index in [9.17, 15) is 9.59 Å². The number of carboxylic acids is 1. The van der Waals surface area contributed by atoms with E-state index in [-0.39, 0.29) is 18.9 Å².